The Bertz CT molecular complexity index is 678. The summed E-state index contributed by atoms with van der Waals surface area (Å²) in [7, 11) is 0. The molecule has 2 atom stereocenters. The third-order valence-corrected chi connectivity index (χ3v) is 5.63. The van der Waals surface area contributed by atoms with E-state index in [4.69, 9.17) is 4.52 Å². The van der Waals surface area contributed by atoms with Crippen LogP contribution in [0.1, 0.15) is 61.2 Å². The molecule has 1 saturated carbocycles. The summed E-state index contributed by atoms with van der Waals surface area (Å²) in [4.78, 5) is 20.6. The molecule has 1 amide bonds. The second-order valence-corrected chi connectivity index (χ2v) is 7.67. The molecule has 2 aromatic heterocycles. The first-order chi connectivity index (χ1) is 11.2. The zero-order valence-electron chi connectivity index (χ0n) is 13.3. The molecule has 1 aliphatic carbocycles. The number of likely N-dealkylation sites (tertiary alicyclic amines) is 1. The number of rotatable bonds is 5. The van der Waals surface area contributed by atoms with Crippen LogP contribution in [0.4, 0.5) is 0 Å². The van der Waals surface area contributed by atoms with Gasteiger partial charge in [-0.2, -0.15) is 4.98 Å². The van der Waals surface area contributed by atoms with Crippen molar-refractivity contribution in [2.45, 2.75) is 51.0 Å². The lowest BCUT2D eigenvalue weighted by molar-refractivity contribution is -0.136. The van der Waals surface area contributed by atoms with E-state index in [9.17, 15) is 4.79 Å². The SMILES string of the molecule is CC(Cc1cccs1)C(=O)N1CCCC1c1noc(C2CC2)n1. The molecule has 6 heteroatoms. The molecule has 0 aromatic carbocycles. The molecular formula is C17H21N3O2S. The summed E-state index contributed by atoms with van der Waals surface area (Å²) in [5, 5.41) is 6.21. The van der Waals surface area contributed by atoms with Crippen LogP contribution >= 0.6 is 11.3 Å². The lowest BCUT2D eigenvalue weighted by Crippen LogP contribution is -2.35. The Balaban J connectivity index is 1.46. The van der Waals surface area contributed by atoms with E-state index in [2.05, 4.69) is 21.6 Å². The molecular weight excluding hydrogens is 310 g/mol. The fourth-order valence-electron chi connectivity index (χ4n) is 3.28. The minimum absolute atomic E-state index is 0.00969. The molecule has 1 saturated heterocycles. The van der Waals surface area contributed by atoms with Crippen LogP contribution in [0.5, 0.6) is 0 Å². The number of aromatic nitrogens is 2. The molecule has 0 N–H and O–H groups in total. The Morgan fingerprint density at radius 1 is 1.48 bits per heavy atom. The van der Waals surface area contributed by atoms with Gasteiger partial charge >= 0.3 is 0 Å². The van der Waals surface area contributed by atoms with Crippen molar-refractivity contribution in [3.63, 3.8) is 0 Å². The van der Waals surface area contributed by atoms with Gasteiger partial charge in [0.2, 0.25) is 11.8 Å². The van der Waals surface area contributed by atoms with E-state index >= 15 is 0 Å². The van der Waals surface area contributed by atoms with Crippen LogP contribution in [0.2, 0.25) is 0 Å². The van der Waals surface area contributed by atoms with Crippen molar-refractivity contribution in [1.29, 1.82) is 0 Å². The molecule has 0 radical (unpaired) electrons. The molecule has 0 spiro atoms. The van der Waals surface area contributed by atoms with Gasteiger partial charge in [0.05, 0.1) is 6.04 Å². The van der Waals surface area contributed by atoms with Crippen molar-refractivity contribution in [2.24, 2.45) is 5.92 Å². The Morgan fingerprint density at radius 3 is 3.09 bits per heavy atom. The lowest BCUT2D eigenvalue weighted by Gasteiger charge is -2.25. The van der Waals surface area contributed by atoms with Crippen LogP contribution in [0.15, 0.2) is 22.0 Å². The van der Waals surface area contributed by atoms with Crippen molar-refractivity contribution in [3.8, 4) is 0 Å². The average molecular weight is 331 g/mol. The summed E-state index contributed by atoms with van der Waals surface area (Å²) >= 11 is 1.71. The van der Waals surface area contributed by atoms with Crippen LogP contribution in [-0.4, -0.2) is 27.5 Å². The Labute approximate surface area is 139 Å². The molecule has 2 aliphatic rings. The third kappa shape index (κ3) is 3.04. The first-order valence-electron chi connectivity index (χ1n) is 8.38. The molecule has 23 heavy (non-hydrogen) atoms. The molecule has 2 aromatic rings. The summed E-state index contributed by atoms with van der Waals surface area (Å²) in [6, 6.07) is 4.12. The quantitative estimate of drug-likeness (QED) is 0.840. The standard InChI is InChI=1S/C17H21N3O2S/c1-11(10-13-4-3-9-23-13)17(21)20-8-2-5-14(20)15-18-16(22-19-15)12-6-7-12/h3-4,9,11-12,14H,2,5-8,10H2,1H3. The van der Waals surface area contributed by atoms with Crippen LogP contribution in [0.3, 0.4) is 0 Å². The van der Waals surface area contributed by atoms with Gasteiger partial charge in [0.1, 0.15) is 0 Å². The molecule has 1 aliphatic heterocycles. The molecule has 3 heterocycles. The third-order valence-electron chi connectivity index (χ3n) is 4.73. The Hall–Kier alpha value is -1.69. The summed E-state index contributed by atoms with van der Waals surface area (Å²) in [6.45, 7) is 2.81. The maximum absolute atomic E-state index is 12.9. The van der Waals surface area contributed by atoms with Crippen molar-refractivity contribution < 1.29 is 9.32 Å². The van der Waals surface area contributed by atoms with E-state index in [1.54, 1.807) is 11.3 Å². The lowest BCUT2D eigenvalue weighted by atomic mass is 10.0. The predicted molar refractivity (Wildman–Crippen MR) is 87.1 cm³/mol. The minimum Gasteiger partial charge on any atom is -0.339 e. The highest BCUT2D eigenvalue weighted by molar-refractivity contribution is 7.09. The van der Waals surface area contributed by atoms with Gasteiger partial charge in [-0.05, 0) is 43.6 Å². The van der Waals surface area contributed by atoms with Gasteiger partial charge in [-0.1, -0.05) is 18.1 Å². The number of nitrogens with zero attached hydrogens (tertiary/aromatic N) is 3. The fraction of sp³-hybridized carbons (Fsp3) is 0.588. The number of hydrogen-bond acceptors (Lipinski definition) is 5. The highest BCUT2D eigenvalue weighted by Crippen LogP contribution is 2.40. The average Bonchev–Trinajstić information content (AvgIpc) is 3.01. The number of amides is 1. The number of carbonyl (C=O) groups is 1. The maximum Gasteiger partial charge on any atom is 0.229 e. The van der Waals surface area contributed by atoms with Crippen LogP contribution in [0.25, 0.3) is 0 Å². The molecule has 2 unspecified atom stereocenters. The van der Waals surface area contributed by atoms with Gasteiger partial charge in [-0.3, -0.25) is 4.79 Å². The first-order valence-corrected chi connectivity index (χ1v) is 9.26. The normalized spacial score (nSPS) is 22.5. The minimum atomic E-state index is -0.0101. The summed E-state index contributed by atoms with van der Waals surface area (Å²) in [6.07, 6.45) is 5.04. The summed E-state index contributed by atoms with van der Waals surface area (Å²) in [5.74, 6) is 2.11. The monoisotopic (exact) mass is 331 g/mol. The van der Waals surface area contributed by atoms with Gasteiger partial charge in [0.15, 0.2) is 5.82 Å². The zero-order chi connectivity index (χ0) is 15.8. The second-order valence-electron chi connectivity index (χ2n) is 6.64. The van der Waals surface area contributed by atoms with E-state index in [1.165, 1.54) is 4.88 Å². The van der Waals surface area contributed by atoms with Gasteiger partial charge in [0, 0.05) is 23.3 Å². The summed E-state index contributed by atoms with van der Waals surface area (Å²) < 4.78 is 5.38. The predicted octanol–water partition coefficient (Wildman–Crippen LogP) is 3.55. The van der Waals surface area contributed by atoms with Gasteiger partial charge in [-0.25, -0.2) is 0 Å². The molecule has 122 valence electrons. The number of thiophene rings is 1. The van der Waals surface area contributed by atoms with Gasteiger partial charge in [0.25, 0.3) is 0 Å². The number of hydrogen-bond donors (Lipinski definition) is 0. The van der Waals surface area contributed by atoms with Gasteiger partial charge in [-0.15, -0.1) is 11.3 Å². The Kier molecular flexibility index (Phi) is 3.93. The van der Waals surface area contributed by atoms with Crippen LogP contribution in [-0.2, 0) is 11.2 Å². The number of carbonyl (C=O) groups excluding carboxylic acids is 1. The van der Waals surface area contributed by atoms with E-state index in [1.807, 2.05) is 17.9 Å². The molecule has 5 nitrogen and oxygen atoms in total. The van der Waals surface area contributed by atoms with E-state index in [0.29, 0.717) is 11.7 Å². The highest BCUT2D eigenvalue weighted by Gasteiger charge is 2.37. The van der Waals surface area contributed by atoms with Crippen molar-refractivity contribution in [3.05, 3.63) is 34.1 Å². The zero-order valence-corrected chi connectivity index (χ0v) is 14.1. The first kappa shape index (κ1) is 14.9. The van der Waals surface area contributed by atoms with Crippen molar-refractivity contribution >= 4 is 17.2 Å². The van der Waals surface area contributed by atoms with E-state index in [-0.39, 0.29) is 17.9 Å². The molecule has 2 fully saturated rings. The van der Waals surface area contributed by atoms with Crippen LogP contribution in [0, 0.1) is 5.92 Å². The Morgan fingerprint density at radius 2 is 2.35 bits per heavy atom. The maximum atomic E-state index is 12.9. The van der Waals surface area contributed by atoms with Gasteiger partial charge < -0.3 is 9.42 Å². The molecule has 4 rings (SSSR count). The largest absolute Gasteiger partial charge is 0.339 e. The smallest absolute Gasteiger partial charge is 0.229 e. The van der Waals surface area contributed by atoms with E-state index < -0.39 is 0 Å². The van der Waals surface area contributed by atoms with E-state index in [0.717, 1.165) is 44.5 Å². The topological polar surface area (TPSA) is 59.2 Å². The second kappa shape index (κ2) is 6.07. The van der Waals surface area contributed by atoms with Crippen LogP contribution < -0.4 is 0 Å². The van der Waals surface area contributed by atoms with Crippen molar-refractivity contribution in [2.75, 3.05) is 6.54 Å². The highest BCUT2D eigenvalue weighted by atomic mass is 32.1. The van der Waals surface area contributed by atoms with Crippen molar-refractivity contribution in [1.82, 2.24) is 15.0 Å². The summed E-state index contributed by atoms with van der Waals surface area (Å²) in [5.41, 5.74) is 0. The molecule has 0 bridgehead atoms. The fourth-order valence-corrected chi connectivity index (χ4v) is 4.11.